The van der Waals surface area contributed by atoms with E-state index in [0.717, 1.165) is 27.7 Å². The Bertz CT molecular complexity index is 973. The average molecular weight is 323 g/mol. The number of rotatable bonds is 3. The van der Waals surface area contributed by atoms with Crippen LogP contribution in [0.4, 0.5) is 11.4 Å². The number of carbonyl (C=O) groups is 1. The third-order valence-electron chi connectivity index (χ3n) is 4.25. The number of fused-ring (bicyclic) bond motifs is 1. The lowest BCUT2D eigenvalue weighted by atomic mass is 10.1. The molecule has 24 heavy (non-hydrogen) atoms. The van der Waals surface area contributed by atoms with Crippen molar-refractivity contribution in [2.24, 2.45) is 0 Å². The number of hydrogen-bond acceptors (Lipinski definition) is 3. The average Bonchev–Trinajstić information content (AvgIpc) is 2.83. The number of aryl methyl sites for hydroxylation is 3. The Morgan fingerprint density at radius 3 is 2.58 bits per heavy atom. The summed E-state index contributed by atoms with van der Waals surface area (Å²) in [5.41, 5.74) is 4.82. The quantitative estimate of drug-likeness (QED) is 0.558. The fourth-order valence-corrected chi connectivity index (χ4v) is 2.66. The minimum atomic E-state index is -0.479. The van der Waals surface area contributed by atoms with Crippen molar-refractivity contribution in [3.8, 4) is 0 Å². The van der Waals surface area contributed by atoms with Crippen LogP contribution in [-0.4, -0.2) is 15.8 Å². The van der Waals surface area contributed by atoms with E-state index in [1.807, 2.05) is 26.0 Å². The largest absolute Gasteiger partial charge is 0.358 e. The van der Waals surface area contributed by atoms with Crippen LogP contribution in [0.25, 0.3) is 10.9 Å². The van der Waals surface area contributed by atoms with E-state index in [0.29, 0.717) is 11.3 Å². The van der Waals surface area contributed by atoms with Crippen molar-refractivity contribution in [2.45, 2.75) is 20.8 Å². The van der Waals surface area contributed by atoms with Crippen molar-refractivity contribution in [1.29, 1.82) is 0 Å². The van der Waals surface area contributed by atoms with Gasteiger partial charge in [0.05, 0.1) is 10.6 Å². The van der Waals surface area contributed by atoms with Crippen LogP contribution in [0.15, 0.2) is 36.4 Å². The summed E-state index contributed by atoms with van der Waals surface area (Å²) in [4.78, 5) is 26.2. The summed E-state index contributed by atoms with van der Waals surface area (Å²) in [5, 5.41) is 14.7. The lowest BCUT2D eigenvalue weighted by molar-refractivity contribution is -0.384. The van der Waals surface area contributed by atoms with Gasteiger partial charge in [-0.25, -0.2) is 0 Å². The number of nitro benzene ring substituents is 1. The smallest absolute Gasteiger partial charge is 0.271 e. The Labute approximate surface area is 138 Å². The van der Waals surface area contributed by atoms with Crippen LogP contribution >= 0.6 is 0 Å². The molecular weight excluding hydrogens is 306 g/mol. The summed E-state index contributed by atoms with van der Waals surface area (Å²) < 4.78 is 0. The van der Waals surface area contributed by atoms with Gasteiger partial charge in [-0.3, -0.25) is 14.9 Å². The topological polar surface area (TPSA) is 88.0 Å². The molecule has 1 aromatic heterocycles. The molecule has 0 aliphatic heterocycles. The molecule has 2 aromatic carbocycles. The maximum atomic E-state index is 12.5. The fourth-order valence-electron chi connectivity index (χ4n) is 2.66. The predicted octanol–water partition coefficient (Wildman–Crippen LogP) is 4.25. The first-order valence-corrected chi connectivity index (χ1v) is 7.52. The van der Waals surface area contributed by atoms with Crippen molar-refractivity contribution in [3.63, 3.8) is 0 Å². The molecule has 0 spiro atoms. The number of aromatic amines is 1. The van der Waals surface area contributed by atoms with Crippen LogP contribution in [0.5, 0.6) is 0 Å². The number of nitro groups is 1. The molecule has 6 heteroatoms. The van der Waals surface area contributed by atoms with Crippen LogP contribution in [-0.2, 0) is 0 Å². The minimum Gasteiger partial charge on any atom is -0.358 e. The zero-order valence-electron chi connectivity index (χ0n) is 13.6. The molecule has 122 valence electrons. The number of benzene rings is 2. The molecule has 3 aromatic rings. The van der Waals surface area contributed by atoms with Gasteiger partial charge in [0.25, 0.3) is 11.6 Å². The third kappa shape index (κ3) is 2.74. The van der Waals surface area contributed by atoms with Gasteiger partial charge in [-0.1, -0.05) is 6.07 Å². The fraction of sp³-hybridized carbons (Fsp3) is 0.167. The second kappa shape index (κ2) is 5.81. The van der Waals surface area contributed by atoms with Crippen LogP contribution < -0.4 is 5.32 Å². The Kier molecular flexibility index (Phi) is 3.81. The van der Waals surface area contributed by atoms with E-state index in [4.69, 9.17) is 0 Å². The highest BCUT2D eigenvalue weighted by molar-refractivity contribution is 6.07. The second-order valence-corrected chi connectivity index (χ2v) is 5.85. The minimum absolute atomic E-state index is 0.0524. The third-order valence-corrected chi connectivity index (χ3v) is 4.25. The van der Waals surface area contributed by atoms with Gasteiger partial charge < -0.3 is 10.3 Å². The Balaban J connectivity index is 1.94. The second-order valence-electron chi connectivity index (χ2n) is 5.85. The Morgan fingerprint density at radius 2 is 1.88 bits per heavy atom. The number of amides is 1. The van der Waals surface area contributed by atoms with E-state index < -0.39 is 4.92 Å². The summed E-state index contributed by atoms with van der Waals surface area (Å²) >= 11 is 0. The standard InChI is InChI=1S/C18H17N3O3/c1-10-4-6-14(21(23)24)9-17(10)20-18(22)13-5-7-16-15(8-13)11(2)12(3)19-16/h4-9,19H,1-3H3,(H,20,22). The number of nitrogens with one attached hydrogen (secondary N) is 2. The highest BCUT2D eigenvalue weighted by Crippen LogP contribution is 2.25. The van der Waals surface area contributed by atoms with E-state index in [1.54, 1.807) is 19.1 Å². The summed E-state index contributed by atoms with van der Waals surface area (Å²) in [7, 11) is 0. The molecule has 0 atom stereocenters. The van der Waals surface area contributed by atoms with Gasteiger partial charge in [-0.05, 0) is 50.1 Å². The summed E-state index contributed by atoms with van der Waals surface area (Å²) in [6.45, 7) is 5.78. The van der Waals surface area contributed by atoms with Crippen molar-refractivity contribution >= 4 is 28.2 Å². The number of carbonyl (C=O) groups excluding carboxylic acids is 1. The molecule has 6 nitrogen and oxygen atoms in total. The van der Waals surface area contributed by atoms with E-state index in [9.17, 15) is 14.9 Å². The van der Waals surface area contributed by atoms with Crippen molar-refractivity contribution in [1.82, 2.24) is 4.98 Å². The summed E-state index contributed by atoms with van der Waals surface area (Å²) in [5.74, 6) is -0.293. The van der Waals surface area contributed by atoms with Crippen LogP contribution in [0, 0.1) is 30.9 Å². The van der Waals surface area contributed by atoms with Crippen molar-refractivity contribution in [2.75, 3.05) is 5.32 Å². The lowest BCUT2D eigenvalue weighted by Gasteiger charge is -2.08. The molecule has 0 saturated carbocycles. The molecule has 3 rings (SSSR count). The first-order chi connectivity index (χ1) is 11.4. The van der Waals surface area contributed by atoms with Crippen molar-refractivity contribution < 1.29 is 9.72 Å². The maximum absolute atomic E-state index is 12.5. The van der Waals surface area contributed by atoms with Crippen LogP contribution in [0.1, 0.15) is 27.2 Å². The molecule has 0 radical (unpaired) electrons. The molecule has 1 heterocycles. The number of aromatic nitrogens is 1. The van der Waals surface area contributed by atoms with Crippen LogP contribution in [0.2, 0.25) is 0 Å². The van der Waals surface area contributed by atoms with Gasteiger partial charge in [-0.15, -0.1) is 0 Å². The van der Waals surface area contributed by atoms with Gasteiger partial charge >= 0.3 is 0 Å². The van der Waals surface area contributed by atoms with E-state index in [-0.39, 0.29) is 11.6 Å². The van der Waals surface area contributed by atoms with Crippen molar-refractivity contribution in [3.05, 3.63) is 68.9 Å². The van der Waals surface area contributed by atoms with E-state index in [1.165, 1.54) is 12.1 Å². The van der Waals surface area contributed by atoms with Gasteiger partial charge in [0, 0.05) is 34.3 Å². The Hall–Kier alpha value is -3.15. The molecule has 1 amide bonds. The van der Waals surface area contributed by atoms with Gasteiger partial charge in [-0.2, -0.15) is 0 Å². The van der Waals surface area contributed by atoms with Gasteiger partial charge in [0.15, 0.2) is 0 Å². The highest BCUT2D eigenvalue weighted by Gasteiger charge is 2.14. The monoisotopic (exact) mass is 323 g/mol. The maximum Gasteiger partial charge on any atom is 0.271 e. The van der Waals surface area contributed by atoms with Gasteiger partial charge in [0.2, 0.25) is 0 Å². The highest BCUT2D eigenvalue weighted by atomic mass is 16.6. The zero-order chi connectivity index (χ0) is 17.4. The van der Waals surface area contributed by atoms with E-state index in [2.05, 4.69) is 10.3 Å². The summed E-state index contributed by atoms with van der Waals surface area (Å²) in [6, 6.07) is 9.84. The molecule has 0 unspecified atom stereocenters. The number of non-ortho nitro benzene ring substituents is 1. The van der Waals surface area contributed by atoms with Crippen LogP contribution in [0.3, 0.4) is 0 Å². The molecule has 0 fully saturated rings. The van der Waals surface area contributed by atoms with Gasteiger partial charge in [0.1, 0.15) is 0 Å². The number of anilines is 1. The molecule has 0 bridgehead atoms. The lowest BCUT2D eigenvalue weighted by Crippen LogP contribution is -2.12. The molecule has 2 N–H and O–H groups in total. The zero-order valence-corrected chi connectivity index (χ0v) is 13.6. The predicted molar refractivity (Wildman–Crippen MR) is 93.6 cm³/mol. The summed E-state index contributed by atoms with van der Waals surface area (Å²) in [6.07, 6.45) is 0. The first kappa shape index (κ1) is 15.7. The van der Waals surface area contributed by atoms with E-state index >= 15 is 0 Å². The SMILES string of the molecule is Cc1ccc([N+](=O)[O-])cc1NC(=O)c1ccc2[nH]c(C)c(C)c2c1. The molecule has 0 aliphatic rings. The number of H-pyrrole nitrogens is 1. The normalized spacial score (nSPS) is 10.8. The molecular formula is C18H17N3O3. The molecule has 0 aliphatic carbocycles. The Morgan fingerprint density at radius 1 is 1.12 bits per heavy atom. The first-order valence-electron chi connectivity index (χ1n) is 7.52. The number of nitrogens with zero attached hydrogens (tertiary/aromatic N) is 1. The number of hydrogen-bond donors (Lipinski definition) is 2. The molecule has 0 saturated heterocycles.